The monoisotopic (exact) mass is 370 g/mol. The first-order valence-corrected chi connectivity index (χ1v) is 9.77. The van der Waals surface area contributed by atoms with Crippen LogP contribution in [0.3, 0.4) is 0 Å². The maximum atomic E-state index is 13.6. The maximum Gasteiger partial charge on any atom is 0.333 e. The van der Waals surface area contributed by atoms with Crippen molar-refractivity contribution in [3.05, 3.63) is 65.2 Å². The average molecular weight is 370 g/mol. The number of esters is 1. The molecule has 1 unspecified atom stereocenters. The predicted octanol–water partition coefficient (Wildman–Crippen LogP) is 3.56. The second kappa shape index (κ2) is 7.76. The summed E-state index contributed by atoms with van der Waals surface area (Å²) in [6.07, 6.45) is 5.18. The molecule has 4 nitrogen and oxygen atoms in total. The van der Waals surface area contributed by atoms with Gasteiger partial charge in [-0.05, 0) is 38.5 Å². The zero-order chi connectivity index (χ0) is 19.4. The van der Waals surface area contributed by atoms with Gasteiger partial charge in [0.15, 0.2) is 9.84 Å². The minimum Gasteiger partial charge on any atom is -0.465 e. The average Bonchev–Trinajstić information content (AvgIpc) is 2.61. The van der Waals surface area contributed by atoms with Gasteiger partial charge in [-0.3, -0.25) is 0 Å². The molecule has 26 heavy (non-hydrogen) atoms. The van der Waals surface area contributed by atoms with Gasteiger partial charge in [0.2, 0.25) is 4.75 Å². The van der Waals surface area contributed by atoms with Crippen LogP contribution in [0.1, 0.15) is 30.0 Å². The first-order valence-electron chi connectivity index (χ1n) is 8.28. The summed E-state index contributed by atoms with van der Waals surface area (Å²) >= 11 is 0. The van der Waals surface area contributed by atoms with Crippen molar-refractivity contribution in [1.82, 2.24) is 0 Å². The van der Waals surface area contributed by atoms with Gasteiger partial charge in [0.1, 0.15) is 0 Å². The molecule has 0 aliphatic rings. The summed E-state index contributed by atoms with van der Waals surface area (Å²) in [5.74, 6) is 1.51. The van der Waals surface area contributed by atoms with Gasteiger partial charge < -0.3 is 4.74 Å². The van der Waals surface area contributed by atoms with E-state index in [1.807, 2.05) is 13.8 Å². The van der Waals surface area contributed by atoms with E-state index in [0.717, 1.165) is 11.1 Å². The summed E-state index contributed by atoms with van der Waals surface area (Å²) in [6, 6.07) is 13.1. The number of hydrogen-bond donors (Lipinski definition) is 0. The van der Waals surface area contributed by atoms with Crippen molar-refractivity contribution < 1.29 is 17.9 Å². The van der Waals surface area contributed by atoms with Gasteiger partial charge in [-0.2, -0.15) is 0 Å². The molecular weight excluding hydrogens is 348 g/mol. The normalized spacial score (nSPS) is 13.5. The van der Waals surface area contributed by atoms with E-state index in [-0.39, 0.29) is 17.9 Å². The van der Waals surface area contributed by atoms with Crippen LogP contribution < -0.4 is 0 Å². The molecule has 0 aliphatic heterocycles. The summed E-state index contributed by atoms with van der Waals surface area (Å²) in [4.78, 5) is 13.0. The zero-order valence-corrected chi connectivity index (χ0v) is 16.0. The van der Waals surface area contributed by atoms with Crippen molar-refractivity contribution >= 4 is 15.8 Å². The standard InChI is InChI=1S/C21H22O4S/c1-5-15-21(20(22)25-6-2,18-11-7-16(3)8-12-18)26(23,24)19-13-9-17(4)10-14-19/h1,7-14H,6,15H2,2-4H3. The molecule has 0 saturated carbocycles. The molecule has 0 aliphatic carbocycles. The summed E-state index contributed by atoms with van der Waals surface area (Å²) in [5.41, 5.74) is 2.16. The second-order valence-corrected chi connectivity index (χ2v) is 8.29. The van der Waals surface area contributed by atoms with Gasteiger partial charge in [-0.1, -0.05) is 47.5 Å². The third-order valence-electron chi connectivity index (χ3n) is 4.26. The number of sulfone groups is 1. The minimum absolute atomic E-state index is 0.0342. The molecule has 2 aromatic rings. The molecule has 0 amide bonds. The molecular formula is C21H22O4S. The largest absolute Gasteiger partial charge is 0.465 e. The molecule has 2 aromatic carbocycles. The van der Waals surface area contributed by atoms with Gasteiger partial charge in [-0.15, -0.1) is 12.3 Å². The highest BCUT2D eigenvalue weighted by Gasteiger charge is 2.53. The number of ether oxygens (including phenoxy) is 1. The Morgan fingerprint density at radius 2 is 1.54 bits per heavy atom. The molecule has 0 heterocycles. The van der Waals surface area contributed by atoms with Gasteiger partial charge >= 0.3 is 5.97 Å². The fraction of sp³-hybridized carbons (Fsp3) is 0.286. The second-order valence-electron chi connectivity index (χ2n) is 6.11. The van der Waals surface area contributed by atoms with Gasteiger partial charge in [0.25, 0.3) is 0 Å². The Balaban J connectivity index is 2.80. The van der Waals surface area contributed by atoms with Crippen molar-refractivity contribution in [1.29, 1.82) is 0 Å². The number of carbonyl (C=O) groups excluding carboxylic acids is 1. The van der Waals surface area contributed by atoms with Crippen LogP contribution in [0.5, 0.6) is 0 Å². The first kappa shape index (κ1) is 19.7. The lowest BCUT2D eigenvalue weighted by Crippen LogP contribution is -2.45. The van der Waals surface area contributed by atoms with Crippen LogP contribution in [-0.2, 0) is 24.1 Å². The summed E-state index contributed by atoms with van der Waals surface area (Å²) < 4.78 is 30.3. The van der Waals surface area contributed by atoms with Gasteiger partial charge in [0, 0.05) is 6.42 Å². The number of benzene rings is 2. The van der Waals surface area contributed by atoms with E-state index in [1.54, 1.807) is 43.3 Å². The fourth-order valence-corrected chi connectivity index (χ4v) is 4.68. The molecule has 0 N–H and O–H groups in total. The van der Waals surface area contributed by atoms with Crippen molar-refractivity contribution in [2.24, 2.45) is 0 Å². The Morgan fingerprint density at radius 1 is 1.04 bits per heavy atom. The number of rotatable bonds is 6. The highest BCUT2D eigenvalue weighted by molar-refractivity contribution is 7.93. The highest BCUT2D eigenvalue weighted by atomic mass is 32.2. The smallest absolute Gasteiger partial charge is 0.333 e. The summed E-state index contributed by atoms with van der Waals surface area (Å²) in [7, 11) is -4.15. The molecule has 5 heteroatoms. The lowest BCUT2D eigenvalue weighted by Gasteiger charge is -2.30. The van der Waals surface area contributed by atoms with Crippen LogP contribution in [-0.4, -0.2) is 21.0 Å². The Kier molecular flexibility index (Phi) is 5.89. The maximum absolute atomic E-state index is 13.6. The molecule has 0 radical (unpaired) electrons. The van der Waals surface area contributed by atoms with Crippen molar-refractivity contribution in [3.63, 3.8) is 0 Å². The Bertz CT molecular complexity index is 919. The fourth-order valence-electron chi connectivity index (χ4n) is 2.78. The lowest BCUT2D eigenvalue weighted by molar-refractivity contribution is -0.146. The Hall–Kier alpha value is -2.58. The van der Waals surface area contributed by atoms with Gasteiger partial charge in [0.05, 0.1) is 11.5 Å². The van der Waals surface area contributed by atoms with E-state index in [2.05, 4.69) is 5.92 Å². The van der Waals surface area contributed by atoms with E-state index < -0.39 is 20.6 Å². The first-order chi connectivity index (χ1) is 12.3. The summed E-state index contributed by atoms with van der Waals surface area (Å²) in [5, 5.41) is 0. The third-order valence-corrected chi connectivity index (χ3v) is 6.62. The van der Waals surface area contributed by atoms with Crippen molar-refractivity contribution in [2.45, 2.75) is 36.8 Å². The topological polar surface area (TPSA) is 60.4 Å². The number of carbonyl (C=O) groups is 1. The van der Waals surface area contributed by atoms with Crippen LogP contribution in [0.25, 0.3) is 0 Å². The molecule has 0 aromatic heterocycles. The van der Waals surface area contributed by atoms with Crippen molar-refractivity contribution in [3.8, 4) is 12.3 Å². The lowest BCUT2D eigenvalue weighted by atomic mass is 9.94. The van der Waals surface area contributed by atoms with Gasteiger partial charge in [-0.25, -0.2) is 13.2 Å². The minimum atomic E-state index is -4.15. The molecule has 136 valence electrons. The number of hydrogen-bond acceptors (Lipinski definition) is 4. The highest BCUT2D eigenvalue weighted by Crippen LogP contribution is 2.40. The number of terminal acetylenes is 1. The van der Waals surface area contributed by atoms with Crippen molar-refractivity contribution in [2.75, 3.05) is 6.61 Å². The Labute approximate surface area is 155 Å². The van der Waals surface area contributed by atoms with E-state index in [0.29, 0.717) is 5.56 Å². The van der Waals surface area contributed by atoms with Crippen LogP contribution in [0.2, 0.25) is 0 Å². The quantitative estimate of drug-likeness (QED) is 0.576. The number of aryl methyl sites for hydroxylation is 2. The Morgan fingerprint density at radius 3 is 2.00 bits per heavy atom. The summed E-state index contributed by atoms with van der Waals surface area (Å²) in [6.45, 7) is 5.43. The van der Waals surface area contributed by atoms with E-state index in [9.17, 15) is 13.2 Å². The SMILES string of the molecule is C#CCC(C(=O)OCC)(c1ccc(C)cc1)S(=O)(=O)c1ccc(C)cc1. The van der Waals surface area contributed by atoms with Crippen LogP contribution in [0.4, 0.5) is 0 Å². The van der Waals surface area contributed by atoms with Crippen LogP contribution in [0.15, 0.2) is 53.4 Å². The molecule has 0 fully saturated rings. The predicted molar refractivity (Wildman–Crippen MR) is 101 cm³/mol. The molecule has 0 spiro atoms. The van der Waals surface area contributed by atoms with Crippen LogP contribution >= 0.6 is 0 Å². The third kappa shape index (κ3) is 3.38. The van der Waals surface area contributed by atoms with E-state index in [4.69, 9.17) is 11.2 Å². The van der Waals surface area contributed by atoms with Crippen LogP contribution in [0, 0.1) is 26.2 Å². The molecule has 1 atom stereocenters. The molecule has 0 bridgehead atoms. The zero-order valence-electron chi connectivity index (χ0n) is 15.2. The van der Waals surface area contributed by atoms with E-state index >= 15 is 0 Å². The van der Waals surface area contributed by atoms with E-state index in [1.165, 1.54) is 12.1 Å². The molecule has 0 saturated heterocycles. The molecule has 2 rings (SSSR count).